The summed E-state index contributed by atoms with van der Waals surface area (Å²) >= 11 is 3.26. The second kappa shape index (κ2) is 9.03. The first kappa shape index (κ1) is 15.1. The molecule has 0 unspecified atom stereocenters. The summed E-state index contributed by atoms with van der Waals surface area (Å²) in [5.41, 5.74) is 0.946. The van der Waals surface area contributed by atoms with Crippen LogP contribution in [0.2, 0.25) is 0 Å². The summed E-state index contributed by atoms with van der Waals surface area (Å²) in [6.45, 7) is 0.662. The predicted octanol–water partition coefficient (Wildman–Crippen LogP) is 1.85. The Balaban J connectivity index is 2.36. The van der Waals surface area contributed by atoms with Crippen molar-refractivity contribution >= 4 is 29.0 Å². The average molecular weight is 283 g/mol. The number of amides is 1. The van der Waals surface area contributed by atoms with Crippen LogP contribution in [0.5, 0.6) is 0 Å². The molecule has 5 heteroatoms. The second-order valence-electron chi connectivity index (χ2n) is 3.60. The number of hydrogen-bond acceptors (Lipinski definition) is 4. The van der Waals surface area contributed by atoms with Crippen LogP contribution in [0.1, 0.15) is 23.3 Å². The van der Waals surface area contributed by atoms with Crippen LogP contribution < -0.4 is 5.32 Å². The van der Waals surface area contributed by atoms with Crippen molar-refractivity contribution in [2.75, 3.05) is 18.6 Å². The molecule has 0 aromatic carbocycles. The van der Waals surface area contributed by atoms with Crippen LogP contribution in [-0.2, 0) is 11.3 Å². The number of hydrogen-bond donors (Lipinski definition) is 2. The highest BCUT2D eigenvalue weighted by Crippen LogP contribution is 2.13. The predicted molar refractivity (Wildman–Crippen MR) is 77.7 cm³/mol. The first-order chi connectivity index (χ1) is 8.76. The molecule has 0 aliphatic heterocycles. The molecule has 18 heavy (non-hydrogen) atoms. The Morgan fingerprint density at radius 2 is 2.44 bits per heavy atom. The maximum atomic E-state index is 11.4. The van der Waals surface area contributed by atoms with E-state index in [2.05, 4.69) is 17.2 Å². The number of carbonyl (C=O) groups excluding carboxylic acids is 1. The minimum atomic E-state index is 0.0886. The van der Waals surface area contributed by atoms with Gasteiger partial charge in [0.05, 0.1) is 13.2 Å². The summed E-state index contributed by atoms with van der Waals surface area (Å²) < 4.78 is 0. The zero-order chi connectivity index (χ0) is 13.2. The smallest absolute Gasteiger partial charge is 0.221 e. The van der Waals surface area contributed by atoms with Crippen molar-refractivity contribution < 1.29 is 9.90 Å². The van der Waals surface area contributed by atoms with Crippen LogP contribution in [-0.4, -0.2) is 29.6 Å². The molecule has 98 valence electrons. The van der Waals surface area contributed by atoms with Crippen molar-refractivity contribution in [1.29, 1.82) is 0 Å². The molecule has 0 fully saturated rings. The van der Waals surface area contributed by atoms with Gasteiger partial charge in [-0.3, -0.25) is 4.79 Å². The molecule has 1 aromatic rings. The number of aliphatic hydroxyl groups is 1. The van der Waals surface area contributed by atoms with E-state index in [-0.39, 0.29) is 12.5 Å². The highest BCUT2D eigenvalue weighted by atomic mass is 32.2. The van der Waals surface area contributed by atoms with Gasteiger partial charge in [0.1, 0.15) is 0 Å². The Hall–Kier alpha value is -0.960. The molecule has 0 saturated heterocycles. The van der Waals surface area contributed by atoms with Gasteiger partial charge in [-0.15, -0.1) is 11.3 Å². The highest BCUT2D eigenvalue weighted by Gasteiger charge is 2.02. The van der Waals surface area contributed by atoms with Gasteiger partial charge >= 0.3 is 0 Å². The average Bonchev–Trinajstić information content (AvgIpc) is 2.82. The number of thioether (sulfide) groups is 1. The number of aliphatic hydroxyl groups excluding tert-OH is 1. The van der Waals surface area contributed by atoms with Gasteiger partial charge in [-0.2, -0.15) is 11.8 Å². The van der Waals surface area contributed by atoms with Gasteiger partial charge in [-0.25, -0.2) is 0 Å². The first-order valence-electron chi connectivity index (χ1n) is 5.69. The summed E-state index contributed by atoms with van der Waals surface area (Å²) in [4.78, 5) is 12.5. The van der Waals surface area contributed by atoms with E-state index in [1.807, 2.05) is 17.7 Å². The fourth-order valence-electron chi connectivity index (χ4n) is 1.23. The summed E-state index contributed by atoms with van der Waals surface area (Å²) in [6.07, 6.45) is 3.05. The third kappa shape index (κ3) is 6.10. The van der Waals surface area contributed by atoms with Crippen LogP contribution in [0.25, 0.3) is 0 Å². The van der Waals surface area contributed by atoms with Crippen molar-refractivity contribution in [2.24, 2.45) is 0 Å². The lowest BCUT2D eigenvalue weighted by molar-refractivity contribution is -0.120. The largest absolute Gasteiger partial charge is 0.395 e. The van der Waals surface area contributed by atoms with Crippen molar-refractivity contribution in [1.82, 2.24) is 5.32 Å². The van der Waals surface area contributed by atoms with E-state index in [1.165, 1.54) is 0 Å². The number of carbonyl (C=O) groups is 1. The SMILES string of the molecule is CSCCC(=O)NCc1cc(C#CCCO)cs1. The first-order valence-corrected chi connectivity index (χ1v) is 7.96. The Morgan fingerprint density at radius 1 is 1.61 bits per heavy atom. The molecule has 1 rings (SSSR count). The molecular formula is C13H17NO2S2. The van der Waals surface area contributed by atoms with E-state index in [1.54, 1.807) is 23.1 Å². The van der Waals surface area contributed by atoms with E-state index in [0.29, 0.717) is 19.4 Å². The van der Waals surface area contributed by atoms with Crippen molar-refractivity contribution in [2.45, 2.75) is 19.4 Å². The van der Waals surface area contributed by atoms with Gasteiger partial charge in [-0.1, -0.05) is 11.8 Å². The summed E-state index contributed by atoms with van der Waals surface area (Å²) in [5.74, 6) is 6.79. The van der Waals surface area contributed by atoms with Gasteiger partial charge in [0, 0.05) is 34.4 Å². The van der Waals surface area contributed by atoms with Crippen molar-refractivity contribution in [3.8, 4) is 11.8 Å². The van der Waals surface area contributed by atoms with Crippen LogP contribution in [0.4, 0.5) is 0 Å². The molecule has 0 atom stereocenters. The van der Waals surface area contributed by atoms with Gasteiger partial charge in [0.25, 0.3) is 0 Å². The summed E-state index contributed by atoms with van der Waals surface area (Å²) in [6, 6.07) is 1.98. The lowest BCUT2D eigenvalue weighted by Crippen LogP contribution is -2.22. The Bertz CT molecular complexity index is 432. The lowest BCUT2D eigenvalue weighted by atomic mass is 10.3. The molecule has 1 aromatic heterocycles. The molecule has 3 nitrogen and oxygen atoms in total. The molecule has 0 spiro atoms. The summed E-state index contributed by atoms with van der Waals surface area (Å²) in [5, 5.41) is 13.5. The van der Waals surface area contributed by atoms with E-state index in [0.717, 1.165) is 16.2 Å². The van der Waals surface area contributed by atoms with Crippen LogP contribution in [0.3, 0.4) is 0 Å². The number of thiophene rings is 1. The molecule has 0 saturated carbocycles. The Kier molecular flexibility index (Phi) is 7.58. The van der Waals surface area contributed by atoms with Gasteiger partial charge in [-0.05, 0) is 12.3 Å². The molecule has 0 bridgehead atoms. The van der Waals surface area contributed by atoms with Crippen molar-refractivity contribution in [3.05, 3.63) is 21.9 Å². The topological polar surface area (TPSA) is 49.3 Å². The highest BCUT2D eigenvalue weighted by molar-refractivity contribution is 7.98. The third-order valence-electron chi connectivity index (χ3n) is 2.12. The minimum absolute atomic E-state index is 0.0886. The fraction of sp³-hybridized carbons (Fsp3) is 0.462. The maximum absolute atomic E-state index is 11.4. The zero-order valence-electron chi connectivity index (χ0n) is 10.4. The van der Waals surface area contributed by atoms with E-state index in [4.69, 9.17) is 5.11 Å². The summed E-state index contributed by atoms with van der Waals surface area (Å²) in [7, 11) is 0. The minimum Gasteiger partial charge on any atom is -0.395 e. The molecule has 0 aliphatic rings. The maximum Gasteiger partial charge on any atom is 0.221 e. The molecule has 0 radical (unpaired) electrons. The van der Waals surface area contributed by atoms with Crippen molar-refractivity contribution in [3.63, 3.8) is 0 Å². The van der Waals surface area contributed by atoms with Crippen LogP contribution >= 0.6 is 23.1 Å². The molecule has 1 heterocycles. The number of rotatable bonds is 6. The monoisotopic (exact) mass is 283 g/mol. The van der Waals surface area contributed by atoms with E-state index >= 15 is 0 Å². The Labute approximate surface area is 116 Å². The van der Waals surface area contributed by atoms with Gasteiger partial charge in [0.2, 0.25) is 5.91 Å². The fourth-order valence-corrected chi connectivity index (χ4v) is 2.37. The standard InChI is InChI=1S/C13H17NO2S2/c1-17-7-5-13(16)14-9-12-8-11(10-18-12)4-2-3-6-15/h8,10,15H,3,5-7,9H2,1H3,(H,14,16). The van der Waals surface area contributed by atoms with Crippen LogP contribution in [0, 0.1) is 11.8 Å². The van der Waals surface area contributed by atoms with E-state index in [9.17, 15) is 4.79 Å². The molecule has 0 aliphatic carbocycles. The normalized spacial score (nSPS) is 9.67. The van der Waals surface area contributed by atoms with Crippen LogP contribution in [0.15, 0.2) is 11.4 Å². The van der Waals surface area contributed by atoms with Gasteiger partial charge in [0.15, 0.2) is 0 Å². The molecule has 2 N–H and O–H groups in total. The van der Waals surface area contributed by atoms with Gasteiger partial charge < -0.3 is 10.4 Å². The quantitative estimate of drug-likeness (QED) is 0.783. The third-order valence-corrected chi connectivity index (χ3v) is 3.67. The Morgan fingerprint density at radius 3 is 3.17 bits per heavy atom. The zero-order valence-corrected chi connectivity index (χ0v) is 12.0. The second-order valence-corrected chi connectivity index (χ2v) is 5.58. The lowest BCUT2D eigenvalue weighted by Gasteiger charge is -2.01. The molecule has 1 amide bonds. The van der Waals surface area contributed by atoms with E-state index < -0.39 is 0 Å². The molecular weight excluding hydrogens is 266 g/mol. The number of nitrogens with one attached hydrogen (secondary N) is 1.